The summed E-state index contributed by atoms with van der Waals surface area (Å²) in [4.78, 5) is 26.5. The lowest BCUT2D eigenvalue weighted by atomic mass is 9.97. The van der Waals surface area contributed by atoms with Gasteiger partial charge in [-0.2, -0.15) is 0 Å². The van der Waals surface area contributed by atoms with E-state index in [0.29, 0.717) is 44.0 Å². The minimum Gasteiger partial charge on any atom is -0.393 e. The van der Waals surface area contributed by atoms with Crippen LogP contribution < -0.4 is 11.1 Å². The van der Waals surface area contributed by atoms with Gasteiger partial charge in [0.05, 0.1) is 12.5 Å². The molecule has 0 aromatic carbocycles. The Hall–Kier alpha value is -1.93. The van der Waals surface area contributed by atoms with Gasteiger partial charge in [-0.1, -0.05) is 5.16 Å². The van der Waals surface area contributed by atoms with Gasteiger partial charge in [-0.15, -0.1) is 0 Å². The SMILES string of the molecule is C[C@@H]1CC(NC(=O)c2cc(C3CC3)on2)CCN1C(=O)C[C@H](O)CCN. The lowest BCUT2D eigenvalue weighted by molar-refractivity contribution is -0.136. The molecular formula is C18H28N4O4. The van der Waals surface area contributed by atoms with E-state index in [1.54, 1.807) is 11.0 Å². The van der Waals surface area contributed by atoms with Crippen molar-refractivity contribution in [3.63, 3.8) is 0 Å². The van der Waals surface area contributed by atoms with E-state index in [2.05, 4.69) is 10.5 Å². The first-order valence-electron chi connectivity index (χ1n) is 9.43. The number of aromatic nitrogens is 1. The highest BCUT2D eigenvalue weighted by atomic mass is 16.5. The standard InChI is InChI=1S/C18H28N4O4/c1-11-8-13(5-7-22(11)17(24)9-14(23)4-6-19)20-18(25)15-10-16(26-21-15)12-2-3-12/h10-14,23H,2-9,19H2,1H3,(H,20,25)/t11-,13?,14-/m1/s1. The summed E-state index contributed by atoms with van der Waals surface area (Å²) in [6.45, 7) is 2.89. The van der Waals surface area contributed by atoms with Crippen molar-refractivity contribution < 1.29 is 19.2 Å². The zero-order valence-corrected chi connectivity index (χ0v) is 15.2. The Balaban J connectivity index is 1.48. The minimum absolute atomic E-state index is 0.00316. The summed E-state index contributed by atoms with van der Waals surface area (Å²) in [5, 5.41) is 16.6. The lowest BCUT2D eigenvalue weighted by Gasteiger charge is -2.38. The molecule has 3 rings (SSSR count). The fraction of sp³-hybridized carbons (Fsp3) is 0.722. The number of hydrogen-bond donors (Lipinski definition) is 3. The Kier molecular flexibility index (Phi) is 5.93. The molecule has 3 atom stereocenters. The topological polar surface area (TPSA) is 122 Å². The van der Waals surface area contributed by atoms with E-state index in [4.69, 9.17) is 10.3 Å². The van der Waals surface area contributed by atoms with Crippen LogP contribution in [0, 0.1) is 0 Å². The van der Waals surface area contributed by atoms with E-state index < -0.39 is 6.10 Å². The van der Waals surface area contributed by atoms with Gasteiger partial charge in [-0.3, -0.25) is 9.59 Å². The van der Waals surface area contributed by atoms with Gasteiger partial charge in [-0.25, -0.2) is 0 Å². The molecule has 0 radical (unpaired) electrons. The van der Waals surface area contributed by atoms with Crippen LogP contribution in [0.15, 0.2) is 10.6 Å². The summed E-state index contributed by atoms with van der Waals surface area (Å²) in [5.41, 5.74) is 5.73. The van der Waals surface area contributed by atoms with E-state index in [0.717, 1.165) is 18.6 Å². The van der Waals surface area contributed by atoms with Crippen molar-refractivity contribution in [3.05, 3.63) is 17.5 Å². The predicted octanol–water partition coefficient (Wildman–Crippen LogP) is 0.761. The van der Waals surface area contributed by atoms with E-state index in [9.17, 15) is 14.7 Å². The minimum atomic E-state index is -0.690. The smallest absolute Gasteiger partial charge is 0.273 e. The third-order valence-electron chi connectivity index (χ3n) is 5.18. The number of likely N-dealkylation sites (tertiary alicyclic amines) is 1. The van der Waals surface area contributed by atoms with Crippen molar-refractivity contribution in [2.24, 2.45) is 5.73 Å². The monoisotopic (exact) mass is 364 g/mol. The second kappa shape index (κ2) is 8.18. The van der Waals surface area contributed by atoms with Gasteiger partial charge in [0, 0.05) is 30.6 Å². The molecule has 1 unspecified atom stereocenters. The number of aliphatic hydroxyl groups is 1. The van der Waals surface area contributed by atoms with Crippen molar-refractivity contribution in [1.29, 1.82) is 0 Å². The Labute approximate surface area is 153 Å². The number of nitrogens with two attached hydrogens (primary N) is 1. The zero-order chi connectivity index (χ0) is 18.7. The predicted molar refractivity (Wildman–Crippen MR) is 94.4 cm³/mol. The largest absolute Gasteiger partial charge is 0.393 e. The highest BCUT2D eigenvalue weighted by Crippen LogP contribution is 2.40. The first kappa shape index (κ1) is 18.8. The van der Waals surface area contributed by atoms with Gasteiger partial charge < -0.3 is 25.6 Å². The molecule has 1 aromatic heterocycles. The maximum atomic E-state index is 12.3. The van der Waals surface area contributed by atoms with Gasteiger partial charge in [-0.05, 0) is 45.6 Å². The Morgan fingerprint density at radius 2 is 2.23 bits per heavy atom. The third-order valence-corrected chi connectivity index (χ3v) is 5.18. The van der Waals surface area contributed by atoms with Crippen LogP contribution in [0.5, 0.6) is 0 Å². The van der Waals surface area contributed by atoms with Crippen LogP contribution in [0.4, 0.5) is 0 Å². The summed E-state index contributed by atoms with van der Waals surface area (Å²) < 4.78 is 5.23. The molecule has 1 aliphatic heterocycles. The summed E-state index contributed by atoms with van der Waals surface area (Å²) in [5.74, 6) is 0.928. The average molecular weight is 364 g/mol. The van der Waals surface area contributed by atoms with Gasteiger partial charge >= 0.3 is 0 Å². The zero-order valence-electron chi connectivity index (χ0n) is 15.2. The van der Waals surface area contributed by atoms with Crippen molar-refractivity contribution >= 4 is 11.8 Å². The van der Waals surface area contributed by atoms with Crippen LogP contribution in [-0.4, -0.2) is 58.3 Å². The summed E-state index contributed by atoms with van der Waals surface area (Å²) in [6.07, 6.45) is 3.39. The number of aliphatic hydroxyl groups excluding tert-OH is 1. The van der Waals surface area contributed by atoms with Crippen molar-refractivity contribution in [2.75, 3.05) is 13.1 Å². The van der Waals surface area contributed by atoms with Crippen LogP contribution >= 0.6 is 0 Å². The summed E-state index contributed by atoms with van der Waals surface area (Å²) in [7, 11) is 0. The second-order valence-electron chi connectivity index (χ2n) is 7.46. The molecule has 1 saturated heterocycles. The molecular weight excluding hydrogens is 336 g/mol. The second-order valence-corrected chi connectivity index (χ2v) is 7.46. The van der Waals surface area contributed by atoms with Gasteiger partial charge in [0.25, 0.3) is 5.91 Å². The van der Waals surface area contributed by atoms with Gasteiger partial charge in [0.2, 0.25) is 5.91 Å². The maximum absolute atomic E-state index is 12.3. The highest BCUT2D eigenvalue weighted by molar-refractivity contribution is 5.92. The van der Waals surface area contributed by atoms with Crippen molar-refractivity contribution in [2.45, 2.75) is 69.6 Å². The number of carbonyl (C=O) groups excluding carboxylic acids is 2. The van der Waals surface area contributed by atoms with Crippen molar-refractivity contribution in [3.8, 4) is 0 Å². The number of hydrogen-bond acceptors (Lipinski definition) is 6. The molecule has 8 nitrogen and oxygen atoms in total. The summed E-state index contributed by atoms with van der Waals surface area (Å²) >= 11 is 0. The molecule has 2 heterocycles. The molecule has 144 valence electrons. The number of amides is 2. The first-order valence-corrected chi connectivity index (χ1v) is 9.43. The molecule has 2 fully saturated rings. The number of piperidine rings is 1. The fourth-order valence-electron chi connectivity index (χ4n) is 3.50. The number of carbonyl (C=O) groups is 2. The lowest BCUT2D eigenvalue weighted by Crippen LogP contribution is -2.51. The summed E-state index contributed by atoms with van der Waals surface area (Å²) in [6, 6.07) is 1.73. The number of nitrogens with zero attached hydrogens (tertiary/aromatic N) is 2. The Bertz CT molecular complexity index is 643. The molecule has 1 saturated carbocycles. The quantitative estimate of drug-likeness (QED) is 0.657. The van der Waals surface area contributed by atoms with E-state index in [-0.39, 0.29) is 30.3 Å². The molecule has 2 aliphatic rings. The van der Waals surface area contributed by atoms with Crippen LogP contribution in [0.1, 0.15) is 67.6 Å². The Morgan fingerprint density at radius 1 is 1.46 bits per heavy atom. The Morgan fingerprint density at radius 3 is 2.88 bits per heavy atom. The molecule has 0 spiro atoms. The van der Waals surface area contributed by atoms with E-state index in [1.807, 2.05) is 6.92 Å². The molecule has 1 aliphatic carbocycles. The normalized spacial score (nSPS) is 24.3. The number of nitrogens with one attached hydrogen (secondary N) is 1. The van der Waals surface area contributed by atoms with Crippen LogP contribution in [0.25, 0.3) is 0 Å². The van der Waals surface area contributed by atoms with Crippen LogP contribution in [-0.2, 0) is 4.79 Å². The third kappa shape index (κ3) is 4.62. The molecule has 8 heteroatoms. The molecule has 4 N–H and O–H groups in total. The van der Waals surface area contributed by atoms with Gasteiger partial charge in [0.1, 0.15) is 5.76 Å². The molecule has 1 aromatic rings. The van der Waals surface area contributed by atoms with Crippen LogP contribution in [0.2, 0.25) is 0 Å². The van der Waals surface area contributed by atoms with Gasteiger partial charge in [0.15, 0.2) is 5.69 Å². The molecule has 2 amide bonds. The van der Waals surface area contributed by atoms with Crippen LogP contribution in [0.3, 0.4) is 0 Å². The number of rotatable bonds is 7. The van der Waals surface area contributed by atoms with Crippen molar-refractivity contribution in [1.82, 2.24) is 15.4 Å². The maximum Gasteiger partial charge on any atom is 0.273 e. The average Bonchev–Trinajstić information content (AvgIpc) is 3.31. The molecule has 26 heavy (non-hydrogen) atoms. The first-order chi connectivity index (χ1) is 12.5. The molecule has 0 bridgehead atoms. The fourth-order valence-corrected chi connectivity index (χ4v) is 3.50. The highest BCUT2D eigenvalue weighted by Gasteiger charge is 2.32. The van der Waals surface area contributed by atoms with E-state index in [1.165, 1.54) is 0 Å². The van der Waals surface area contributed by atoms with E-state index >= 15 is 0 Å².